The number of aryl methyl sites for hydroxylation is 1. The van der Waals surface area contributed by atoms with Crippen molar-refractivity contribution < 1.29 is 5.11 Å². The zero-order valence-corrected chi connectivity index (χ0v) is 10.9. The zero-order valence-electron chi connectivity index (χ0n) is 10.9. The number of rotatable bonds is 3. The fourth-order valence-corrected chi connectivity index (χ4v) is 2.84. The molecule has 17 heavy (non-hydrogen) atoms. The maximum atomic E-state index is 10.6. The lowest BCUT2D eigenvalue weighted by Gasteiger charge is -2.26. The molecule has 0 amide bonds. The van der Waals surface area contributed by atoms with Crippen LogP contribution in [0, 0.1) is 5.92 Å². The summed E-state index contributed by atoms with van der Waals surface area (Å²) in [7, 11) is 0. The molecule has 94 valence electrons. The normalized spacial score (nSPS) is 29.9. The van der Waals surface area contributed by atoms with Crippen molar-refractivity contribution in [3.05, 3.63) is 35.9 Å². The van der Waals surface area contributed by atoms with Crippen LogP contribution in [0.25, 0.3) is 0 Å². The molecule has 1 fully saturated rings. The van der Waals surface area contributed by atoms with Crippen LogP contribution < -0.4 is 0 Å². The SMILES string of the molecule is CC1CCCC(O)(CCc2ccccc2)CC1. The molecule has 0 aliphatic heterocycles. The fraction of sp³-hybridized carbons (Fsp3) is 0.625. The molecular formula is C16H24O. The molecule has 2 rings (SSSR count). The van der Waals surface area contributed by atoms with Gasteiger partial charge in [-0.2, -0.15) is 0 Å². The predicted molar refractivity (Wildman–Crippen MR) is 72.0 cm³/mol. The van der Waals surface area contributed by atoms with Crippen LogP contribution in [-0.2, 0) is 6.42 Å². The monoisotopic (exact) mass is 232 g/mol. The summed E-state index contributed by atoms with van der Waals surface area (Å²) < 4.78 is 0. The van der Waals surface area contributed by atoms with Gasteiger partial charge >= 0.3 is 0 Å². The Morgan fingerprint density at radius 3 is 2.71 bits per heavy atom. The summed E-state index contributed by atoms with van der Waals surface area (Å²) in [6.07, 6.45) is 7.56. The Kier molecular flexibility index (Phi) is 4.22. The summed E-state index contributed by atoms with van der Waals surface area (Å²) >= 11 is 0. The van der Waals surface area contributed by atoms with E-state index in [2.05, 4.69) is 31.2 Å². The Labute approximate surface area is 105 Å². The average Bonchev–Trinajstić information content (AvgIpc) is 2.51. The molecule has 0 spiro atoms. The third kappa shape index (κ3) is 3.85. The molecule has 1 aromatic rings. The molecule has 1 saturated carbocycles. The van der Waals surface area contributed by atoms with Crippen molar-refractivity contribution in [2.24, 2.45) is 5.92 Å². The second-order valence-corrected chi connectivity index (χ2v) is 5.75. The Morgan fingerprint density at radius 1 is 1.18 bits per heavy atom. The standard InChI is InChI=1S/C16H24O/c1-14-6-5-11-16(17,12-9-14)13-10-15-7-3-2-4-8-15/h2-4,7-8,14,17H,5-6,9-13H2,1H3. The minimum Gasteiger partial charge on any atom is -0.390 e. The fourth-order valence-electron chi connectivity index (χ4n) is 2.84. The van der Waals surface area contributed by atoms with E-state index in [1.54, 1.807) is 0 Å². The van der Waals surface area contributed by atoms with Crippen molar-refractivity contribution in [2.45, 2.75) is 57.5 Å². The van der Waals surface area contributed by atoms with Crippen LogP contribution in [0.5, 0.6) is 0 Å². The van der Waals surface area contributed by atoms with E-state index >= 15 is 0 Å². The number of aliphatic hydroxyl groups is 1. The van der Waals surface area contributed by atoms with Gasteiger partial charge in [-0.15, -0.1) is 0 Å². The van der Waals surface area contributed by atoms with Crippen LogP contribution in [0.1, 0.15) is 51.0 Å². The molecule has 0 heterocycles. The quantitative estimate of drug-likeness (QED) is 0.782. The molecule has 0 bridgehead atoms. The lowest BCUT2D eigenvalue weighted by Crippen LogP contribution is -2.28. The highest BCUT2D eigenvalue weighted by Crippen LogP contribution is 2.33. The predicted octanol–water partition coefficient (Wildman–Crippen LogP) is 3.95. The first-order valence-corrected chi connectivity index (χ1v) is 6.94. The van der Waals surface area contributed by atoms with Gasteiger partial charge in [0, 0.05) is 0 Å². The Balaban J connectivity index is 1.89. The highest BCUT2D eigenvalue weighted by molar-refractivity contribution is 5.15. The molecule has 0 saturated heterocycles. The van der Waals surface area contributed by atoms with Crippen LogP contribution in [-0.4, -0.2) is 10.7 Å². The van der Waals surface area contributed by atoms with Crippen LogP contribution in [0.2, 0.25) is 0 Å². The second-order valence-electron chi connectivity index (χ2n) is 5.75. The van der Waals surface area contributed by atoms with Crippen molar-refractivity contribution >= 4 is 0 Å². The third-order valence-corrected chi connectivity index (χ3v) is 4.16. The van der Waals surface area contributed by atoms with Gasteiger partial charge in [-0.25, -0.2) is 0 Å². The first kappa shape index (κ1) is 12.6. The summed E-state index contributed by atoms with van der Waals surface area (Å²) in [4.78, 5) is 0. The van der Waals surface area contributed by atoms with Crippen LogP contribution in [0.3, 0.4) is 0 Å². The number of hydrogen-bond donors (Lipinski definition) is 1. The van der Waals surface area contributed by atoms with Gasteiger partial charge in [-0.3, -0.25) is 0 Å². The topological polar surface area (TPSA) is 20.2 Å². The van der Waals surface area contributed by atoms with E-state index < -0.39 is 5.60 Å². The van der Waals surface area contributed by atoms with Crippen LogP contribution in [0.4, 0.5) is 0 Å². The third-order valence-electron chi connectivity index (χ3n) is 4.16. The van der Waals surface area contributed by atoms with E-state index in [4.69, 9.17) is 0 Å². The minimum atomic E-state index is -0.402. The molecule has 2 unspecified atom stereocenters. The molecule has 1 aliphatic carbocycles. The largest absolute Gasteiger partial charge is 0.390 e. The number of hydrogen-bond acceptors (Lipinski definition) is 1. The lowest BCUT2D eigenvalue weighted by molar-refractivity contribution is 0.0159. The molecule has 1 nitrogen and oxygen atoms in total. The molecule has 1 aliphatic rings. The highest BCUT2D eigenvalue weighted by Gasteiger charge is 2.29. The molecule has 1 N–H and O–H groups in total. The smallest absolute Gasteiger partial charge is 0.0651 e. The summed E-state index contributed by atoms with van der Waals surface area (Å²) in [5.41, 5.74) is 0.943. The van der Waals surface area contributed by atoms with Gasteiger partial charge in [0.1, 0.15) is 0 Å². The van der Waals surface area contributed by atoms with E-state index in [0.29, 0.717) is 0 Å². The molecule has 1 heteroatoms. The van der Waals surface area contributed by atoms with Crippen LogP contribution >= 0.6 is 0 Å². The summed E-state index contributed by atoms with van der Waals surface area (Å²) in [6.45, 7) is 2.31. The first-order valence-electron chi connectivity index (χ1n) is 6.94. The maximum Gasteiger partial charge on any atom is 0.0651 e. The van der Waals surface area contributed by atoms with Crippen molar-refractivity contribution in [1.82, 2.24) is 0 Å². The summed E-state index contributed by atoms with van der Waals surface area (Å²) in [5, 5.41) is 10.6. The van der Waals surface area contributed by atoms with E-state index in [9.17, 15) is 5.11 Å². The molecule has 0 radical (unpaired) electrons. The molecule has 1 aromatic carbocycles. The van der Waals surface area contributed by atoms with E-state index in [1.807, 2.05) is 6.07 Å². The average molecular weight is 232 g/mol. The number of benzene rings is 1. The second kappa shape index (κ2) is 5.68. The summed E-state index contributed by atoms with van der Waals surface area (Å²) in [5.74, 6) is 0.792. The van der Waals surface area contributed by atoms with Crippen LogP contribution in [0.15, 0.2) is 30.3 Å². The summed E-state index contributed by atoms with van der Waals surface area (Å²) in [6, 6.07) is 10.5. The molecule has 0 aromatic heterocycles. The van der Waals surface area contributed by atoms with Gasteiger partial charge in [0.05, 0.1) is 5.60 Å². The van der Waals surface area contributed by atoms with Crippen molar-refractivity contribution in [3.63, 3.8) is 0 Å². The van der Waals surface area contributed by atoms with E-state index in [-0.39, 0.29) is 0 Å². The Morgan fingerprint density at radius 2 is 1.94 bits per heavy atom. The lowest BCUT2D eigenvalue weighted by atomic mass is 9.87. The Hall–Kier alpha value is -0.820. The zero-order chi connectivity index (χ0) is 12.1. The van der Waals surface area contributed by atoms with Gasteiger partial charge in [-0.05, 0) is 43.6 Å². The van der Waals surface area contributed by atoms with Crippen molar-refractivity contribution in [1.29, 1.82) is 0 Å². The van der Waals surface area contributed by atoms with Crippen molar-refractivity contribution in [3.8, 4) is 0 Å². The maximum absolute atomic E-state index is 10.6. The van der Waals surface area contributed by atoms with Gasteiger partial charge in [0.25, 0.3) is 0 Å². The van der Waals surface area contributed by atoms with Gasteiger partial charge in [-0.1, -0.05) is 50.1 Å². The van der Waals surface area contributed by atoms with Gasteiger partial charge < -0.3 is 5.11 Å². The molecular weight excluding hydrogens is 208 g/mol. The first-order chi connectivity index (χ1) is 8.18. The van der Waals surface area contributed by atoms with E-state index in [1.165, 1.54) is 24.8 Å². The molecule has 2 atom stereocenters. The highest BCUT2D eigenvalue weighted by atomic mass is 16.3. The van der Waals surface area contributed by atoms with E-state index in [0.717, 1.165) is 31.6 Å². The van der Waals surface area contributed by atoms with Crippen molar-refractivity contribution in [2.75, 3.05) is 0 Å². The minimum absolute atomic E-state index is 0.402. The Bertz CT molecular complexity index is 333. The van der Waals surface area contributed by atoms with Gasteiger partial charge in [0.15, 0.2) is 0 Å². The van der Waals surface area contributed by atoms with Gasteiger partial charge in [0.2, 0.25) is 0 Å².